The highest BCUT2D eigenvalue weighted by Crippen LogP contribution is 2.31. The Hall–Kier alpha value is -2.92. The molecule has 3 aromatic rings. The van der Waals surface area contributed by atoms with E-state index in [1.54, 1.807) is 35.6 Å². The summed E-state index contributed by atoms with van der Waals surface area (Å²) in [6, 6.07) is 18.4. The summed E-state index contributed by atoms with van der Waals surface area (Å²) < 4.78 is 5.48. The molecular formula is C20H17NO3S. The summed E-state index contributed by atoms with van der Waals surface area (Å²) in [6.45, 7) is 1.41. The van der Waals surface area contributed by atoms with Crippen molar-refractivity contribution in [1.29, 1.82) is 0 Å². The molecule has 2 aromatic carbocycles. The number of hydrogen-bond acceptors (Lipinski definition) is 4. The molecule has 5 heteroatoms. The summed E-state index contributed by atoms with van der Waals surface area (Å²) in [5.41, 5.74) is 2.35. The van der Waals surface area contributed by atoms with E-state index in [9.17, 15) is 9.59 Å². The van der Waals surface area contributed by atoms with Crippen LogP contribution in [0.15, 0.2) is 66.0 Å². The Morgan fingerprint density at radius 2 is 1.76 bits per heavy atom. The van der Waals surface area contributed by atoms with E-state index in [0.29, 0.717) is 11.3 Å². The Bertz CT molecular complexity index is 870. The van der Waals surface area contributed by atoms with Gasteiger partial charge >= 0.3 is 0 Å². The van der Waals surface area contributed by atoms with Crippen molar-refractivity contribution in [2.75, 3.05) is 11.9 Å². The highest BCUT2D eigenvalue weighted by Gasteiger charge is 2.09. The fourth-order valence-electron chi connectivity index (χ4n) is 2.36. The van der Waals surface area contributed by atoms with Crippen LogP contribution in [0.25, 0.3) is 10.4 Å². The van der Waals surface area contributed by atoms with Crippen molar-refractivity contribution < 1.29 is 14.3 Å². The average molecular weight is 351 g/mol. The Labute approximate surface area is 150 Å². The molecular weight excluding hydrogens is 334 g/mol. The van der Waals surface area contributed by atoms with Gasteiger partial charge < -0.3 is 10.1 Å². The molecule has 0 saturated heterocycles. The van der Waals surface area contributed by atoms with Crippen LogP contribution in [-0.4, -0.2) is 18.3 Å². The number of thiophene rings is 1. The van der Waals surface area contributed by atoms with Crippen LogP contribution in [0.3, 0.4) is 0 Å². The second-order valence-electron chi connectivity index (χ2n) is 5.44. The Balaban J connectivity index is 1.63. The van der Waals surface area contributed by atoms with Crippen molar-refractivity contribution in [1.82, 2.24) is 0 Å². The maximum Gasteiger partial charge on any atom is 0.262 e. The van der Waals surface area contributed by atoms with Crippen molar-refractivity contribution in [2.45, 2.75) is 6.92 Å². The molecule has 0 bridgehead atoms. The molecule has 0 aliphatic heterocycles. The third-order valence-corrected chi connectivity index (χ3v) is 4.52. The number of benzene rings is 2. The van der Waals surface area contributed by atoms with Crippen LogP contribution in [0.1, 0.15) is 17.3 Å². The van der Waals surface area contributed by atoms with Crippen LogP contribution >= 0.6 is 11.3 Å². The molecule has 0 saturated carbocycles. The van der Waals surface area contributed by atoms with Gasteiger partial charge in [0.1, 0.15) is 5.75 Å². The minimum atomic E-state index is -0.236. The zero-order valence-electron chi connectivity index (χ0n) is 13.7. The van der Waals surface area contributed by atoms with E-state index in [1.807, 2.05) is 41.8 Å². The minimum Gasteiger partial charge on any atom is -0.484 e. The summed E-state index contributed by atoms with van der Waals surface area (Å²) >= 11 is 1.62. The summed E-state index contributed by atoms with van der Waals surface area (Å²) in [4.78, 5) is 24.5. The van der Waals surface area contributed by atoms with Crippen LogP contribution in [0, 0.1) is 0 Å². The van der Waals surface area contributed by atoms with Gasteiger partial charge in [-0.3, -0.25) is 9.59 Å². The van der Waals surface area contributed by atoms with Gasteiger partial charge in [0.05, 0.1) is 0 Å². The number of carbonyl (C=O) groups excluding carboxylic acids is 2. The summed E-state index contributed by atoms with van der Waals surface area (Å²) in [5, 5.41) is 4.89. The maximum atomic E-state index is 12.2. The van der Waals surface area contributed by atoms with E-state index in [-0.39, 0.29) is 18.3 Å². The number of hydrogen-bond donors (Lipinski definition) is 1. The predicted molar refractivity (Wildman–Crippen MR) is 100 cm³/mol. The lowest BCUT2D eigenvalue weighted by Gasteiger charge is -2.11. The quantitative estimate of drug-likeness (QED) is 0.659. The number of amides is 1. The first-order valence-corrected chi connectivity index (χ1v) is 8.68. The number of nitrogens with one attached hydrogen (secondary N) is 1. The van der Waals surface area contributed by atoms with Crippen LogP contribution in [0.5, 0.6) is 5.75 Å². The van der Waals surface area contributed by atoms with Crippen LogP contribution in [-0.2, 0) is 4.79 Å². The number of carbonyl (C=O) groups is 2. The van der Waals surface area contributed by atoms with Gasteiger partial charge in [-0.2, -0.15) is 0 Å². The topological polar surface area (TPSA) is 55.4 Å². The summed E-state index contributed by atoms with van der Waals surface area (Å²) in [7, 11) is 0. The zero-order valence-corrected chi connectivity index (χ0v) is 14.5. The lowest BCUT2D eigenvalue weighted by molar-refractivity contribution is -0.118. The van der Waals surface area contributed by atoms with Crippen molar-refractivity contribution in [3.05, 3.63) is 71.6 Å². The zero-order chi connectivity index (χ0) is 17.6. The molecule has 1 N–H and O–H groups in total. The van der Waals surface area contributed by atoms with Gasteiger partial charge in [0, 0.05) is 21.7 Å². The third-order valence-electron chi connectivity index (χ3n) is 3.62. The second-order valence-corrected chi connectivity index (χ2v) is 6.39. The maximum absolute atomic E-state index is 12.2. The molecule has 0 unspecified atom stereocenters. The van der Waals surface area contributed by atoms with E-state index < -0.39 is 0 Å². The molecule has 4 nitrogen and oxygen atoms in total. The SMILES string of the molecule is CC(=O)c1ccc(OCC(=O)Nc2ccccc2-c2cccs2)cc1. The first-order chi connectivity index (χ1) is 12.1. The molecule has 126 valence electrons. The van der Waals surface area contributed by atoms with Crippen LogP contribution < -0.4 is 10.1 Å². The number of rotatable bonds is 6. The van der Waals surface area contributed by atoms with Gasteiger partial charge in [0.2, 0.25) is 0 Å². The Morgan fingerprint density at radius 3 is 2.44 bits per heavy atom. The van der Waals surface area contributed by atoms with Gasteiger partial charge in [0.15, 0.2) is 12.4 Å². The first kappa shape index (κ1) is 16.9. The number of ether oxygens (including phenoxy) is 1. The van der Waals surface area contributed by atoms with Gasteiger partial charge in [-0.25, -0.2) is 0 Å². The van der Waals surface area contributed by atoms with Crippen molar-refractivity contribution >= 4 is 28.7 Å². The average Bonchev–Trinajstić information content (AvgIpc) is 3.15. The number of Topliss-reactive ketones (excluding diaryl/α,β-unsaturated/α-hetero) is 1. The van der Waals surface area contributed by atoms with Gasteiger partial charge in [-0.15, -0.1) is 11.3 Å². The summed E-state index contributed by atoms with van der Waals surface area (Å²) in [6.07, 6.45) is 0. The number of anilines is 1. The molecule has 0 atom stereocenters. The Kier molecular flexibility index (Phi) is 5.26. The fourth-order valence-corrected chi connectivity index (χ4v) is 3.13. The van der Waals surface area contributed by atoms with Crippen molar-refractivity contribution in [3.63, 3.8) is 0 Å². The molecule has 1 aromatic heterocycles. The normalized spacial score (nSPS) is 10.3. The second kappa shape index (κ2) is 7.77. The van der Waals surface area contributed by atoms with Gasteiger partial charge in [-0.1, -0.05) is 24.3 Å². The first-order valence-electron chi connectivity index (χ1n) is 7.80. The number of ketones is 1. The van der Waals surface area contributed by atoms with Crippen molar-refractivity contribution in [2.24, 2.45) is 0 Å². The molecule has 0 fully saturated rings. The number of para-hydroxylation sites is 1. The monoisotopic (exact) mass is 351 g/mol. The van der Waals surface area contributed by atoms with Gasteiger partial charge in [-0.05, 0) is 48.7 Å². The minimum absolute atomic E-state index is 0.00511. The highest BCUT2D eigenvalue weighted by molar-refractivity contribution is 7.13. The van der Waals surface area contributed by atoms with E-state index in [2.05, 4.69) is 5.32 Å². The van der Waals surface area contributed by atoms with Gasteiger partial charge in [0.25, 0.3) is 5.91 Å². The van der Waals surface area contributed by atoms with Crippen LogP contribution in [0.4, 0.5) is 5.69 Å². The van der Waals surface area contributed by atoms with E-state index in [4.69, 9.17) is 4.74 Å². The lowest BCUT2D eigenvalue weighted by Crippen LogP contribution is -2.20. The van der Waals surface area contributed by atoms with Crippen molar-refractivity contribution in [3.8, 4) is 16.2 Å². The summed E-state index contributed by atoms with van der Waals surface area (Å²) in [5.74, 6) is 0.306. The van der Waals surface area contributed by atoms with Crippen LogP contribution in [0.2, 0.25) is 0 Å². The van der Waals surface area contributed by atoms with E-state index in [1.165, 1.54) is 6.92 Å². The smallest absolute Gasteiger partial charge is 0.262 e. The van der Waals surface area contributed by atoms with E-state index >= 15 is 0 Å². The molecule has 25 heavy (non-hydrogen) atoms. The third kappa shape index (κ3) is 4.33. The van der Waals surface area contributed by atoms with E-state index in [0.717, 1.165) is 16.1 Å². The molecule has 0 radical (unpaired) electrons. The standard InChI is InChI=1S/C20H17NO3S/c1-14(22)15-8-10-16(11-9-15)24-13-20(23)21-18-6-3-2-5-17(18)19-7-4-12-25-19/h2-12H,13H2,1H3,(H,21,23). The largest absolute Gasteiger partial charge is 0.484 e. The molecule has 0 aliphatic rings. The molecule has 3 rings (SSSR count). The lowest BCUT2D eigenvalue weighted by atomic mass is 10.1. The molecule has 1 heterocycles. The Morgan fingerprint density at radius 1 is 1.00 bits per heavy atom. The highest BCUT2D eigenvalue weighted by atomic mass is 32.1. The molecule has 1 amide bonds. The predicted octanol–water partition coefficient (Wildman–Crippen LogP) is 4.64. The molecule has 0 aliphatic carbocycles. The fraction of sp³-hybridized carbons (Fsp3) is 0.100. The molecule has 0 spiro atoms.